The highest BCUT2D eigenvalue weighted by atomic mass is 16.5. The molecule has 6 aliphatic carbocycles. The van der Waals surface area contributed by atoms with Gasteiger partial charge in [-0.3, -0.25) is 0 Å². The second-order valence-electron chi connectivity index (χ2n) is 19.5. The summed E-state index contributed by atoms with van der Waals surface area (Å²) in [5.74, 6) is 10.9. The Hall–Kier alpha value is -2.30. The molecular weight excluding hydrogens is 643 g/mol. The molecule has 7 fully saturated rings. The topological polar surface area (TPSA) is 104 Å². The zero-order chi connectivity index (χ0) is 35.9. The number of aliphatic hydroxyl groups is 1. The standard InChI is InChI=1S/C46H65N3O3/c1-29(26-48-3)35-22-40(49-27-35)33-9-6-10-36(20-33)43(2)42-34-12-14-37(28-50)46(42,47)41-11-7-8-31-21-39(51)15-13-32(31)18-30-19-38(45(41,24-34)52-43)25-44(23-30)16-4-5-17-44/h13,15,21-22,27,29-30,33-34,36-38,41-42,48-51H,4-6,8-10,12,14,16-20,23-26,28,47H2,1-3H3/t29-,30+,33-,34-,36+,37-,38+,41+,42-,43+,45+,46-/m0/s1. The molecule has 1 aromatic carbocycles. The van der Waals surface area contributed by atoms with Gasteiger partial charge >= 0.3 is 0 Å². The molecule has 10 rings (SSSR count). The molecule has 2 saturated heterocycles. The molecule has 5 saturated carbocycles. The zero-order valence-corrected chi connectivity index (χ0v) is 32.2. The Morgan fingerprint density at radius 1 is 1.02 bits per heavy atom. The fourth-order valence-electron chi connectivity index (χ4n) is 14.7. The highest BCUT2D eigenvalue weighted by molar-refractivity contribution is 5.40. The second-order valence-corrected chi connectivity index (χ2v) is 19.5. The predicted molar refractivity (Wildman–Crippen MR) is 207 cm³/mol. The Bertz CT molecular complexity index is 1700. The lowest BCUT2D eigenvalue weighted by Gasteiger charge is -2.75. The van der Waals surface area contributed by atoms with Crippen molar-refractivity contribution in [1.29, 1.82) is 0 Å². The molecule has 8 aliphatic rings. The maximum atomic E-state index is 11.2. The average Bonchev–Trinajstić information content (AvgIpc) is 3.81. The van der Waals surface area contributed by atoms with Gasteiger partial charge in [-0.05, 0) is 167 Å². The van der Waals surface area contributed by atoms with Crippen LogP contribution in [0.25, 0.3) is 0 Å². The zero-order valence-electron chi connectivity index (χ0n) is 32.2. The first-order valence-corrected chi connectivity index (χ1v) is 21.3. The molecule has 0 unspecified atom stereocenters. The van der Waals surface area contributed by atoms with E-state index in [9.17, 15) is 10.2 Å². The van der Waals surface area contributed by atoms with E-state index in [4.69, 9.17) is 10.5 Å². The van der Waals surface area contributed by atoms with E-state index in [2.05, 4.69) is 54.3 Å². The predicted octanol–water partition coefficient (Wildman–Crippen LogP) is 7.98. The van der Waals surface area contributed by atoms with Gasteiger partial charge in [-0.1, -0.05) is 44.1 Å². The van der Waals surface area contributed by atoms with Gasteiger partial charge in [0.2, 0.25) is 0 Å². The van der Waals surface area contributed by atoms with E-state index in [0.717, 1.165) is 45.1 Å². The summed E-state index contributed by atoms with van der Waals surface area (Å²) in [6.07, 6.45) is 20.9. The summed E-state index contributed by atoms with van der Waals surface area (Å²) in [5.41, 5.74) is 12.5. The van der Waals surface area contributed by atoms with Gasteiger partial charge in [-0.25, -0.2) is 0 Å². The minimum absolute atomic E-state index is 0.0243. The summed E-state index contributed by atoms with van der Waals surface area (Å²) in [5, 5.41) is 25.1. The number of hydrogen-bond acceptors (Lipinski definition) is 5. The van der Waals surface area contributed by atoms with E-state index in [0.29, 0.717) is 53.1 Å². The molecular formula is C46H65N3O3. The first kappa shape index (κ1) is 35.4. The molecule has 6 nitrogen and oxygen atoms in total. The van der Waals surface area contributed by atoms with Crippen molar-refractivity contribution in [3.05, 3.63) is 52.8 Å². The highest BCUT2D eigenvalue weighted by Crippen LogP contribution is 2.71. The van der Waals surface area contributed by atoms with Gasteiger partial charge in [0.05, 0.1) is 17.1 Å². The first-order valence-electron chi connectivity index (χ1n) is 21.3. The van der Waals surface area contributed by atoms with Crippen LogP contribution in [0, 0.1) is 58.7 Å². The van der Waals surface area contributed by atoms with Gasteiger partial charge in [0.1, 0.15) is 5.75 Å². The fraction of sp³-hybridized carbons (Fsp3) is 0.739. The highest BCUT2D eigenvalue weighted by Gasteiger charge is 2.76. The van der Waals surface area contributed by atoms with Gasteiger partial charge in [0, 0.05) is 48.8 Å². The van der Waals surface area contributed by atoms with E-state index in [-0.39, 0.29) is 30.0 Å². The van der Waals surface area contributed by atoms with Gasteiger partial charge in [-0.15, -0.1) is 0 Å². The lowest BCUT2D eigenvalue weighted by atomic mass is 9.38. The van der Waals surface area contributed by atoms with Crippen LogP contribution in [0.5, 0.6) is 5.75 Å². The van der Waals surface area contributed by atoms with E-state index in [1.165, 1.54) is 80.2 Å². The number of aliphatic hydroxyl groups excluding tert-OH is 1. The molecule has 0 radical (unpaired) electrons. The molecule has 2 spiro atoms. The van der Waals surface area contributed by atoms with Gasteiger partial charge in [0.15, 0.2) is 0 Å². The van der Waals surface area contributed by atoms with Gasteiger partial charge in [0.25, 0.3) is 0 Å². The number of benzene rings is 1. The quantitative estimate of drug-likeness (QED) is 0.196. The number of aromatic hydroxyl groups is 1. The van der Waals surface area contributed by atoms with Crippen LogP contribution in [0.4, 0.5) is 0 Å². The lowest BCUT2D eigenvalue weighted by Crippen LogP contribution is -2.84. The molecule has 282 valence electrons. The molecule has 2 aliphatic heterocycles. The first-order chi connectivity index (χ1) is 25.1. The third kappa shape index (κ3) is 5.49. The number of likely N-dealkylation sites (N-methyl/N-ethyl adjacent to an activating group) is 1. The van der Waals surface area contributed by atoms with E-state index >= 15 is 0 Å². The minimum atomic E-state index is -0.601. The van der Waals surface area contributed by atoms with Crippen molar-refractivity contribution >= 4 is 0 Å². The molecule has 1 aromatic heterocycles. The number of H-pyrrole nitrogens is 1. The van der Waals surface area contributed by atoms with Gasteiger partial charge in [-0.2, -0.15) is 0 Å². The van der Waals surface area contributed by atoms with Crippen LogP contribution < -0.4 is 11.1 Å². The number of phenols is 1. The van der Waals surface area contributed by atoms with Crippen molar-refractivity contribution in [3.8, 4) is 17.6 Å². The molecule has 2 aromatic rings. The minimum Gasteiger partial charge on any atom is -0.508 e. The summed E-state index contributed by atoms with van der Waals surface area (Å²) < 4.78 is 8.19. The number of nitrogens with two attached hydrogens (primary N) is 1. The SMILES string of the molecule is CNC[C@H](C)c1c[nH]c([C@H]2CCC[C@@H]([C@@]3(C)O[C@@]45C[C@@H]6CC[C@@H](CO)[C@](N)([C@@H]4C#CCc4cc(O)ccc4C[C@@H]4C[C@@H]5CC5(CCCC5)C4)[C@@H]63)C2)c1. The molecule has 3 heterocycles. The summed E-state index contributed by atoms with van der Waals surface area (Å²) >= 11 is 0. The van der Waals surface area contributed by atoms with Crippen molar-refractivity contribution in [2.45, 2.75) is 145 Å². The molecule has 6 bridgehead atoms. The third-order valence-corrected chi connectivity index (χ3v) is 16.8. The number of fused-ring (bicyclic) bond motifs is 4. The summed E-state index contributed by atoms with van der Waals surface area (Å²) in [6, 6.07) is 8.46. The van der Waals surface area contributed by atoms with Crippen molar-refractivity contribution in [2.75, 3.05) is 20.2 Å². The van der Waals surface area contributed by atoms with Crippen molar-refractivity contribution in [2.24, 2.45) is 52.6 Å². The molecule has 52 heavy (non-hydrogen) atoms. The maximum Gasteiger partial charge on any atom is 0.115 e. The van der Waals surface area contributed by atoms with E-state index < -0.39 is 11.1 Å². The summed E-state index contributed by atoms with van der Waals surface area (Å²) in [6.45, 7) is 5.91. The molecule has 12 atom stereocenters. The number of aromatic nitrogens is 1. The second kappa shape index (κ2) is 13.2. The van der Waals surface area contributed by atoms with E-state index in [1.54, 1.807) is 0 Å². The summed E-state index contributed by atoms with van der Waals surface area (Å²) in [7, 11) is 2.04. The Morgan fingerprint density at radius 3 is 2.67 bits per heavy atom. The van der Waals surface area contributed by atoms with Gasteiger partial charge < -0.3 is 31.0 Å². The van der Waals surface area contributed by atoms with Crippen LogP contribution in [-0.4, -0.2) is 52.1 Å². The third-order valence-electron chi connectivity index (χ3n) is 16.8. The molecule has 6 N–H and O–H groups in total. The summed E-state index contributed by atoms with van der Waals surface area (Å²) in [4.78, 5) is 3.73. The van der Waals surface area contributed by atoms with Crippen LogP contribution in [0.3, 0.4) is 0 Å². The Balaban J connectivity index is 1.15. The Kier molecular flexibility index (Phi) is 8.97. The maximum absolute atomic E-state index is 11.2. The number of rotatable bonds is 6. The van der Waals surface area contributed by atoms with Crippen LogP contribution >= 0.6 is 0 Å². The average molecular weight is 708 g/mol. The number of hydrogen-bond donors (Lipinski definition) is 5. The van der Waals surface area contributed by atoms with Crippen LogP contribution in [0.15, 0.2) is 30.5 Å². The van der Waals surface area contributed by atoms with Crippen LogP contribution in [0.1, 0.15) is 138 Å². The number of nitrogens with one attached hydrogen (secondary N) is 2. The number of ether oxygens (including phenoxy) is 1. The molecule has 6 heteroatoms. The molecule has 0 amide bonds. The van der Waals surface area contributed by atoms with Crippen LogP contribution in [0.2, 0.25) is 0 Å². The van der Waals surface area contributed by atoms with Crippen molar-refractivity contribution < 1.29 is 14.9 Å². The van der Waals surface area contributed by atoms with Crippen molar-refractivity contribution in [1.82, 2.24) is 10.3 Å². The number of aromatic amines is 1. The Labute approximate surface area is 312 Å². The Morgan fingerprint density at radius 2 is 1.87 bits per heavy atom. The largest absolute Gasteiger partial charge is 0.508 e. The fourth-order valence-corrected chi connectivity index (χ4v) is 14.7. The van der Waals surface area contributed by atoms with E-state index in [1.807, 2.05) is 19.2 Å². The monoisotopic (exact) mass is 708 g/mol. The normalized spacial score (nSPS) is 42.4. The smallest absolute Gasteiger partial charge is 0.115 e. The van der Waals surface area contributed by atoms with Crippen molar-refractivity contribution in [3.63, 3.8) is 0 Å². The lowest BCUT2D eigenvalue weighted by molar-refractivity contribution is -0.362. The van der Waals surface area contributed by atoms with Crippen LogP contribution in [-0.2, 0) is 17.6 Å². The number of phenolic OH excluding ortho intramolecular Hbond substituents is 1.